The zero-order valence-electron chi connectivity index (χ0n) is 17.4. The van der Waals surface area contributed by atoms with Gasteiger partial charge in [0.05, 0.1) is 7.11 Å². The fourth-order valence-corrected chi connectivity index (χ4v) is 3.74. The summed E-state index contributed by atoms with van der Waals surface area (Å²) in [6.07, 6.45) is -5.71. The number of aromatic nitrogens is 1. The number of primary amides is 1. The highest BCUT2D eigenvalue weighted by Crippen LogP contribution is 2.51. The topological polar surface area (TPSA) is 104 Å². The minimum atomic E-state index is -4.77. The smallest absolute Gasteiger partial charge is 0.417 e. The molecular weight excluding hydrogens is 434 g/mol. The molecule has 0 radical (unpaired) electrons. The molecule has 0 spiro atoms. The number of benzene rings is 1. The van der Waals surface area contributed by atoms with E-state index in [0.29, 0.717) is 0 Å². The molecule has 3 N–H and O–H groups in total. The summed E-state index contributed by atoms with van der Waals surface area (Å²) in [4.78, 5) is 28.0. The average molecular weight is 455 g/mol. The predicted octanol–water partition coefficient (Wildman–Crippen LogP) is 3.47. The molecule has 1 aromatic carbocycles. The molecule has 32 heavy (non-hydrogen) atoms. The van der Waals surface area contributed by atoms with E-state index in [0.717, 1.165) is 13.0 Å². The van der Waals surface area contributed by atoms with Gasteiger partial charge in [0.25, 0.3) is 11.8 Å². The van der Waals surface area contributed by atoms with Crippen LogP contribution in [0.25, 0.3) is 0 Å². The lowest BCUT2D eigenvalue weighted by Crippen LogP contribution is -2.43. The largest absolute Gasteiger partial charge is 0.496 e. The molecule has 0 bridgehead atoms. The first-order valence-electron chi connectivity index (χ1n) is 9.52. The Hall–Kier alpha value is -3.21. The van der Waals surface area contributed by atoms with Crippen LogP contribution in [0.2, 0.25) is 0 Å². The van der Waals surface area contributed by atoms with E-state index >= 15 is 0 Å². The van der Waals surface area contributed by atoms with Crippen molar-refractivity contribution in [2.75, 3.05) is 12.4 Å². The Labute approximate surface area is 180 Å². The van der Waals surface area contributed by atoms with Gasteiger partial charge in [-0.15, -0.1) is 0 Å². The predicted molar refractivity (Wildman–Crippen MR) is 106 cm³/mol. The number of carbonyl (C=O) groups is 2. The highest BCUT2D eigenvalue weighted by molar-refractivity contribution is 5.97. The summed E-state index contributed by atoms with van der Waals surface area (Å²) in [5.74, 6) is -3.36. The van der Waals surface area contributed by atoms with Crippen molar-refractivity contribution in [2.45, 2.75) is 44.1 Å². The van der Waals surface area contributed by atoms with Crippen molar-refractivity contribution >= 4 is 17.5 Å². The molecule has 1 aliphatic rings. The molecule has 0 aliphatic carbocycles. The number of hydrogen-bond acceptors (Lipinski definition) is 5. The molecule has 3 atom stereocenters. The summed E-state index contributed by atoms with van der Waals surface area (Å²) in [6.45, 7) is 2.28. The maximum Gasteiger partial charge on any atom is 0.417 e. The van der Waals surface area contributed by atoms with E-state index in [1.165, 1.54) is 38.4 Å². The summed E-state index contributed by atoms with van der Waals surface area (Å²) in [6, 6.07) is 4.93. The fraction of sp³-hybridized carbons (Fsp3) is 0.381. The van der Waals surface area contributed by atoms with Crippen molar-refractivity contribution < 1.29 is 36.6 Å². The highest BCUT2D eigenvalue weighted by Gasteiger charge is 2.61. The summed E-state index contributed by atoms with van der Waals surface area (Å²) >= 11 is 0. The number of carbonyl (C=O) groups excluding carboxylic acids is 2. The summed E-state index contributed by atoms with van der Waals surface area (Å²) < 4.78 is 65.8. The molecule has 172 valence electrons. The van der Waals surface area contributed by atoms with Crippen LogP contribution in [0, 0.1) is 12.7 Å². The third-order valence-electron chi connectivity index (χ3n) is 5.47. The molecule has 7 nitrogen and oxygen atoms in total. The van der Waals surface area contributed by atoms with E-state index in [2.05, 4.69) is 10.3 Å². The van der Waals surface area contributed by atoms with Crippen molar-refractivity contribution in [3.05, 3.63) is 53.1 Å². The molecule has 1 aromatic heterocycles. The number of halogens is 4. The number of alkyl halides is 3. The first kappa shape index (κ1) is 23.5. The average Bonchev–Trinajstić information content (AvgIpc) is 3.09. The maximum absolute atomic E-state index is 14.0. The zero-order chi connectivity index (χ0) is 23.8. The van der Waals surface area contributed by atoms with Crippen molar-refractivity contribution in [3.8, 4) is 5.75 Å². The van der Waals surface area contributed by atoms with Crippen molar-refractivity contribution in [1.29, 1.82) is 0 Å². The Morgan fingerprint density at radius 1 is 1.31 bits per heavy atom. The van der Waals surface area contributed by atoms with E-state index in [-0.39, 0.29) is 28.3 Å². The number of rotatable bonds is 5. The number of hydrogen-bond donors (Lipinski definition) is 2. The molecule has 2 heterocycles. The minimum Gasteiger partial charge on any atom is -0.496 e. The van der Waals surface area contributed by atoms with Crippen LogP contribution in [0.5, 0.6) is 5.75 Å². The number of methoxy groups -OCH3 is 1. The van der Waals surface area contributed by atoms with Crippen LogP contribution in [0.3, 0.4) is 0 Å². The number of nitrogens with zero attached hydrogens (tertiary/aromatic N) is 1. The third kappa shape index (κ3) is 4.24. The molecule has 1 aliphatic heterocycles. The van der Waals surface area contributed by atoms with E-state index in [9.17, 15) is 27.2 Å². The Kier molecular flexibility index (Phi) is 6.14. The van der Waals surface area contributed by atoms with Gasteiger partial charge >= 0.3 is 6.18 Å². The number of nitrogens with one attached hydrogen (secondary N) is 1. The van der Waals surface area contributed by atoms with Gasteiger partial charge in [-0.2, -0.15) is 13.2 Å². The maximum atomic E-state index is 14.0. The molecule has 3 rings (SSSR count). The standard InChI is InChI=1S/C21H21F4N3O4/c1-10-14(22)5-4-12(16(10)31-3)13-9-20(2,21(23,24)25)32-17(13)19(30)28-11-6-7-27-15(8-11)18(26)29/h4-8,13,17H,9H2,1-3H3,(H2,26,29)(H,27,28,30). The summed E-state index contributed by atoms with van der Waals surface area (Å²) in [7, 11) is 1.27. The lowest BCUT2D eigenvalue weighted by Gasteiger charge is -2.27. The normalized spacial score (nSPS) is 23.1. The first-order chi connectivity index (χ1) is 14.9. The Bertz CT molecular complexity index is 1060. The third-order valence-corrected chi connectivity index (χ3v) is 5.47. The van der Waals surface area contributed by atoms with Gasteiger partial charge in [-0.1, -0.05) is 6.07 Å². The van der Waals surface area contributed by atoms with Gasteiger partial charge < -0.3 is 20.5 Å². The van der Waals surface area contributed by atoms with Gasteiger partial charge in [-0.05, 0) is 38.5 Å². The van der Waals surface area contributed by atoms with Gasteiger partial charge in [0, 0.05) is 28.9 Å². The Morgan fingerprint density at radius 3 is 2.59 bits per heavy atom. The van der Waals surface area contributed by atoms with Gasteiger partial charge in [-0.25, -0.2) is 4.39 Å². The van der Waals surface area contributed by atoms with Gasteiger partial charge in [-0.3, -0.25) is 14.6 Å². The van der Waals surface area contributed by atoms with Crippen LogP contribution in [-0.2, 0) is 9.53 Å². The van der Waals surface area contributed by atoms with E-state index in [1.54, 1.807) is 0 Å². The molecule has 11 heteroatoms. The molecular formula is C21H21F4N3O4. The second-order valence-corrected chi connectivity index (χ2v) is 7.66. The summed E-state index contributed by atoms with van der Waals surface area (Å²) in [5, 5.41) is 2.44. The van der Waals surface area contributed by atoms with E-state index in [1.807, 2.05) is 0 Å². The quantitative estimate of drug-likeness (QED) is 0.672. The minimum absolute atomic E-state index is 0.0442. The Morgan fingerprint density at radius 2 is 2.00 bits per heavy atom. The number of anilines is 1. The number of amides is 2. The molecule has 1 fully saturated rings. The monoisotopic (exact) mass is 455 g/mol. The van der Waals surface area contributed by atoms with Crippen LogP contribution >= 0.6 is 0 Å². The van der Waals surface area contributed by atoms with Gasteiger partial charge in [0.15, 0.2) is 5.60 Å². The zero-order valence-corrected chi connectivity index (χ0v) is 17.4. The molecule has 2 amide bonds. The summed E-state index contributed by atoms with van der Waals surface area (Å²) in [5.41, 5.74) is 2.83. The number of pyridine rings is 1. The van der Waals surface area contributed by atoms with Gasteiger partial charge in [0.1, 0.15) is 23.4 Å². The molecule has 0 saturated carbocycles. The van der Waals surface area contributed by atoms with Crippen LogP contribution in [0.15, 0.2) is 30.5 Å². The van der Waals surface area contributed by atoms with Crippen LogP contribution in [-0.4, -0.2) is 41.8 Å². The molecule has 2 aromatic rings. The second kappa shape index (κ2) is 8.38. The highest BCUT2D eigenvalue weighted by atomic mass is 19.4. The number of nitrogens with two attached hydrogens (primary N) is 1. The molecule has 3 unspecified atom stereocenters. The van der Waals surface area contributed by atoms with Gasteiger partial charge in [0.2, 0.25) is 0 Å². The van der Waals surface area contributed by atoms with Crippen LogP contribution in [0.4, 0.5) is 23.2 Å². The van der Waals surface area contributed by atoms with Crippen LogP contribution in [0.1, 0.15) is 40.9 Å². The van der Waals surface area contributed by atoms with Crippen molar-refractivity contribution in [2.24, 2.45) is 5.73 Å². The Balaban J connectivity index is 2.01. The molecule has 1 saturated heterocycles. The fourth-order valence-electron chi connectivity index (χ4n) is 3.74. The lowest BCUT2D eigenvalue weighted by atomic mass is 9.85. The van der Waals surface area contributed by atoms with Crippen molar-refractivity contribution in [1.82, 2.24) is 4.98 Å². The van der Waals surface area contributed by atoms with E-state index in [4.69, 9.17) is 15.2 Å². The SMILES string of the molecule is COc1c(C2CC(C)(C(F)(F)F)OC2C(=O)Nc2ccnc(C(N)=O)c2)ccc(F)c1C. The van der Waals surface area contributed by atoms with Crippen molar-refractivity contribution in [3.63, 3.8) is 0 Å². The lowest BCUT2D eigenvalue weighted by molar-refractivity contribution is -0.261. The second-order valence-electron chi connectivity index (χ2n) is 7.66. The first-order valence-corrected chi connectivity index (χ1v) is 9.52. The van der Waals surface area contributed by atoms with Crippen LogP contribution < -0.4 is 15.8 Å². The van der Waals surface area contributed by atoms with E-state index < -0.39 is 47.9 Å². The number of ether oxygens (including phenoxy) is 2.